The minimum Gasteiger partial charge on any atom is -0.481 e. The molecular formula is C34H62N2O12. The molecule has 0 heterocycles. The number of hydrogen-bond donors (Lipinski definition) is 8. The van der Waals surface area contributed by atoms with Crippen molar-refractivity contribution in [1.82, 2.24) is 9.80 Å². The highest BCUT2D eigenvalue weighted by molar-refractivity contribution is 5.82. The van der Waals surface area contributed by atoms with Gasteiger partial charge in [-0.2, -0.15) is 0 Å². The van der Waals surface area contributed by atoms with Crippen LogP contribution >= 0.6 is 0 Å². The summed E-state index contributed by atoms with van der Waals surface area (Å²) in [4.78, 5) is 47.1. The van der Waals surface area contributed by atoms with Gasteiger partial charge in [0.1, 0.15) is 11.6 Å². The van der Waals surface area contributed by atoms with Crippen LogP contribution in [0, 0.1) is 23.7 Å². The summed E-state index contributed by atoms with van der Waals surface area (Å²) in [7, 11) is 0. The number of carbonyl (C=O) groups is 4. The zero-order valence-electron chi connectivity index (χ0n) is 28.9. The minimum absolute atomic E-state index is 0.0520. The van der Waals surface area contributed by atoms with Gasteiger partial charge < -0.3 is 40.9 Å². The number of aliphatic carboxylic acids is 2. The Morgan fingerprint density at radius 1 is 0.542 bits per heavy atom. The number of allylic oxidation sites excluding steroid dienone is 4. The number of carbonyl (C=O) groups excluding carboxylic acids is 2. The molecule has 4 unspecified atom stereocenters. The van der Waals surface area contributed by atoms with Crippen molar-refractivity contribution < 1.29 is 60.0 Å². The van der Waals surface area contributed by atoms with Crippen molar-refractivity contribution >= 4 is 23.5 Å². The summed E-state index contributed by atoms with van der Waals surface area (Å²) >= 11 is 0. The van der Waals surface area contributed by atoms with Crippen molar-refractivity contribution in [3.63, 3.8) is 0 Å². The number of aliphatic hydroxyl groups is 6. The Balaban J connectivity index is 0. The predicted molar refractivity (Wildman–Crippen MR) is 181 cm³/mol. The number of ketones is 2. The van der Waals surface area contributed by atoms with Crippen molar-refractivity contribution in [1.29, 1.82) is 0 Å². The van der Waals surface area contributed by atoms with Gasteiger partial charge in [0.05, 0.1) is 39.6 Å². The smallest absolute Gasteiger partial charge is 0.303 e. The number of hydrogen-bond acceptors (Lipinski definition) is 12. The Labute approximate surface area is 285 Å². The molecule has 0 bridgehead atoms. The fourth-order valence-corrected chi connectivity index (χ4v) is 5.62. The molecule has 2 aliphatic rings. The fourth-order valence-electron chi connectivity index (χ4n) is 5.62. The first-order chi connectivity index (χ1) is 23.0. The number of Topliss-reactive ketones (excluding diaryl/α,β-unsaturated/α-hetero) is 2. The average molecular weight is 691 g/mol. The third-order valence-corrected chi connectivity index (χ3v) is 8.01. The number of nitrogens with zero attached hydrogens (tertiary/aromatic N) is 2. The maximum atomic E-state index is 11.2. The number of carboxylic acids is 2. The van der Waals surface area contributed by atoms with Gasteiger partial charge in [-0.15, -0.1) is 0 Å². The van der Waals surface area contributed by atoms with Gasteiger partial charge in [0.25, 0.3) is 0 Å². The van der Waals surface area contributed by atoms with E-state index >= 15 is 0 Å². The summed E-state index contributed by atoms with van der Waals surface area (Å²) < 4.78 is 0. The lowest BCUT2D eigenvalue weighted by Crippen LogP contribution is -2.32. The Bertz CT molecular complexity index is 814. The second-order valence-electron chi connectivity index (χ2n) is 11.8. The summed E-state index contributed by atoms with van der Waals surface area (Å²) in [5.74, 6) is -0.570. The topological polar surface area (TPSA) is 237 Å². The average Bonchev–Trinajstić information content (AvgIpc) is 3.55. The standard InChI is InChI=1S/2C11H16O3.2C6H15NO3/c2*1-2-3-4-8-5-10(12)6-9(8)7-11(13)14;2*8-4-1-7(2-5-9)3-6-10/h2*2-3,8-9H,4-7H2,1H3,(H,13,14);2*8-10H,1-6H2/b2*3-2-;;. The lowest BCUT2D eigenvalue weighted by Gasteiger charge is -2.17. The molecule has 0 aromatic heterocycles. The summed E-state index contributed by atoms with van der Waals surface area (Å²) in [6.07, 6.45) is 11.9. The largest absolute Gasteiger partial charge is 0.481 e. The summed E-state index contributed by atoms with van der Waals surface area (Å²) in [5, 5.41) is 68.3. The van der Waals surface area contributed by atoms with Gasteiger partial charge in [0, 0.05) is 77.8 Å². The van der Waals surface area contributed by atoms with E-state index in [0.29, 0.717) is 65.0 Å². The number of aliphatic hydroxyl groups excluding tert-OH is 6. The summed E-state index contributed by atoms with van der Waals surface area (Å²) in [5.41, 5.74) is 0. The first-order valence-corrected chi connectivity index (χ1v) is 16.8. The van der Waals surface area contributed by atoms with E-state index in [1.165, 1.54) is 0 Å². The monoisotopic (exact) mass is 690 g/mol. The molecule has 0 aromatic rings. The molecule has 0 spiro atoms. The number of carboxylic acid groups (broad SMARTS) is 2. The molecule has 4 atom stereocenters. The van der Waals surface area contributed by atoms with Crippen molar-refractivity contribution in [3.05, 3.63) is 24.3 Å². The van der Waals surface area contributed by atoms with Crippen LogP contribution in [-0.2, 0) is 19.2 Å². The number of rotatable bonds is 20. The van der Waals surface area contributed by atoms with Crippen LogP contribution in [0.3, 0.4) is 0 Å². The molecule has 48 heavy (non-hydrogen) atoms. The molecule has 2 fully saturated rings. The molecule has 14 heteroatoms. The molecular weight excluding hydrogens is 628 g/mol. The lowest BCUT2D eigenvalue weighted by molar-refractivity contribution is -0.139. The van der Waals surface area contributed by atoms with Crippen LogP contribution < -0.4 is 0 Å². The SMILES string of the molecule is C/C=C\CC1CC(=O)CC1CC(=O)O.C/C=C\CC1CC(=O)CC1CC(=O)O.OCCN(CCO)CCO.OCCN(CCO)CCO. The van der Waals surface area contributed by atoms with Crippen LogP contribution in [0.25, 0.3) is 0 Å². The molecule has 280 valence electrons. The van der Waals surface area contributed by atoms with Crippen molar-refractivity contribution in [2.24, 2.45) is 23.7 Å². The molecule has 2 rings (SSSR count). The van der Waals surface area contributed by atoms with Crippen LogP contribution in [0.1, 0.15) is 65.2 Å². The van der Waals surface area contributed by atoms with Crippen molar-refractivity contribution in [3.8, 4) is 0 Å². The second-order valence-corrected chi connectivity index (χ2v) is 11.8. The highest BCUT2D eigenvalue weighted by Crippen LogP contribution is 2.35. The first kappa shape index (κ1) is 47.6. The molecule has 0 radical (unpaired) electrons. The van der Waals surface area contributed by atoms with E-state index in [9.17, 15) is 19.2 Å². The molecule has 0 aliphatic heterocycles. The zero-order valence-corrected chi connectivity index (χ0v) is 28.9. The maximum absolute atomic E-state index is 11.2. The van der Waals surface area contributed by atoms with E-state index in [2.05, 4.69) is 0 Å². The van der Waals surface area contributed by atoms with Crippen LogP contribution in [0.4, 0.5) is 0 Å². The molecule has 0 aromatic carbocycles. The van der Waals surface area contributed by atoms with Gasteiger partial charge in [-0.1, -0.05) is 24.3 Å². The summed E-state index contributed by atoms with van der Waals surface area (Å²) in [6.45, 7) is 7.37. The van der Waals surface area contributed by atoms with E-state index in [0.717, 1.165) is 12.8 Å². The molecule has 0 amide bonds. The Morgan fingerprint density at radius 3 is 1.00 bits per heavy atom. The van der Waals surface area contributed by atoms with E-state index in [1.54, 1.807) is 9.80 Å². The lowest BCUT2D eigenvalue weighted by atomic mass is 9.90. The third kappa shape index (κ3) is 25.5. The van der Waals surface area contributed by atoms with Crippen molar-refractivity contribution in [2.45, 2.75) is 65.2 Å². The van der Waals surface area contributed by atoms with E-state index < -0.39 is 11.9 Å². The molecule has 0 saturated heterocycles. The second kappa shape index (κ2) is 31.7. The van der Waals surface area contributed by atoms with Gasteiger partial charge in [0.2, 0.25) is 0 Å². The third-order valence-electron chi connectivity index (χ3n) is 8.01. The van der Waals surface area contributed by atoms with E-state index in [1.807, 2.05) is 38.2 Å². The van der Waals surface area contributed by atoms with E-state index in [-0.39, 0.29) is 87.7 Å². The van der Waals surface area contributed by atoms with Gasteiger partial charge in [-0.05, 0) is 50.4 Å². The normalized spacial score (nSPS) is 20.5. The van der Waals surface area contributed by atoms with Crippen LogP contribution in [0.15, 0.2) is 24.3 Å². The molecule has 2 aliphatic carbocycles. The van der Waals surface area contributed by atoms with Gasteiger partial charge in [-0.25, -0.2) is 0 Å². The predicted octanol–water partition coefficient (Wildman–Crippen LogP) is 0.576. The van der Waals surface area contributed by atoms with Crippen LogP contribution in [0.2, 0.25) is 0 Å². The van der Waals surface area contributed by atoms with Crippen molar-refractivity contribution in [2.75, 3.05) is 78.9 Å². The molecule has 8 N–H and O–H groups in total. The van der Waals surface area contributed by atoms with Crippen LogP contribution in [0.5, 0.6) is 0 Å². The van der Waals surface area contributed by atoms with E-state index in [4.69, 9.17) is 40.9 Å². The van der Waals surface area contributed by atoms with Crippen LogP contribution in [-0.4, -0.2) is 153 Å². The summed E-state index contributed by atoms with van der Waals surface area (Å²) in [6, 6.07) is 0. The Hall–Kier alpha value is -2.56. The quantitative estimate of drug-likeness (QED) is 0.0816. The fraction of sp³-hybridized carbons (Fsp3) is 0.765. The minimum atomic E-state index is -0.796. The first-order valence-electron chi connectivity index (χ1n) is 16.8. The molecule has 2 saturated carbocycles. The zero-order chi connectivity index (χ0) is 36.7. The highest BCUT2D eigenvalue weighted by atomic mass is 16.4. The van der Waals surface area contributed by atoms with Gasteiger partial charge >= 0.3 is 11.9 Å². The van der Waals surface area contributed by atoms with Gasteiger partial charge in [-0.3, -0.25) is 29.0 Å². The maximum Gasteiger partial charge on any atom is 0.303 e. The Kier molecular flexibility index (Phi) is 31.4. The highest BCUT2D eigenvalue weighted by Gasteiger charge is 2.34. The van der Waals surface area contributed by atoms with Gasteiger partial charge in [0.15, 0.2) is 0 Å². The Morgan fingerprint density at radius 2 is 0.792 bits per heavy atom. The molecule has 14 nitrogen and oxygen atoms in total.